The average molecular weight is 399 g/mol. The van der Waals surface area contributed by atoms with E-state index in [0.29, 0.717) is 0 Å². The normalized spacial score (nSPS) is 11.8. The zero-order valence-electron chi connectivity index (χ0n) is 14.6. The molecule has 0 atom stereocenters. The first kappa shape index (κ1) is 19.5. The minimum atomic E-state index is -4.82. The summed E-state index contributed by atoms with van der Waals surface area (Å²) in [6, 6.07) is 5.08. The number of rotatable bonds is 6. The van der Waals surface area contributed by atoms with Crippen molar-refractivity contribution < 1.29 is 23.0 Å². The van der Waals surface area contributed by atoms with E-state index in [0.717, 1.165) is 16.7 Å². The largest absolute Gasteiger partial charge is 0.573 e. The van der Waals surface area contributed by atoms with Gasteiger partial charge in [0, 0.05) is 32.0 Å². The van der Waals surface area contributed by atoms with Crippen molar-refractivity contribution >= 4 is 22.8 Å². The van der Waals surface area contributed by atoms with Crippen LogP contribution in [0.4, 0.5) is 24.8 Å². The molecule has 28 heavy (non-hydrogen) atoms. The molecule has 0 bridgehead atoms. The van der Waals surface area contributed by atoms with E-state index in [-0.39, 0.29) is 42.4 Å². The number of aryl methyl sites for hydroxylation is 1. The highest BCUT2D eigenvalue weighted by atomic mass is 19.4. The van der Waals surface area contributed by atoms with E-state index in [9.17, 15) is 22.8 Å². The van der Waals surface area contributed by atoms with Gasteiger partial charge < -0.3 is 20.1 Å². The molecule has 0 aliphatic rings. The van der Waals surface area contributed by atoms with Crippen LogP contribution in [-0.4, -0.2) is 37.2 Å². The monoisotopic (exact) mass is 399 g/mol. The molecule has 0 radical (unpaired) electrons. The van der Waals surface area contributed by atoms with E-state index >= 15 is 0 Å². The summed E-state index contributed by atoms with van der Waals surface area (Å²) in [6.07, 6.45) is -4.60. The maximum atomic E-state index is 12.5. The Labute approximate surface area is 155 Å². The zero-order chi connectivity index (χ0) is 20.5. The Morgan fingerprint density at radius 3 is 2.75 bits per heavy atom. The van der Waals surface area contributed by atoms with E-state index in [1.54, 1.807) is 0 Å². The molecule has 0 aliphatic heterocycles. The molecule has 0 amide bonds. The Bertz CT molecular complexity index is 1120. The lowest BCUT2D eigenvalue weighted by atomic mass is 10.3. The Morgan fingerprint density at radius 2 is 2.07 bits per heavy atom. The third kappa shape index (κ3) is 4.01. The molecule has 9 nitrogen and oxygen atoms in total. The maximum Gasteiger partial charge on any atom is 0.573 e. The molecule has 0 saturated heterocycles. The summed E-state index contributed by atoms with van der Waals surface area (Å²) < 4.78 is 43.0. The highest BCUT2D eigenvalue weighted by Gasteiger charge is 2.31. The second kappa shape index (κ2) is 7.38. The second-order valence-electron chi connectivity index (χ2n) is 5.86. The number of imidazole rings is 1. The fourth-order valence-corrected chi connectivity index (χ4v) is 2.64. The molecule has 0 fully saturated rings. The van der Waals surface area contributed by atoms with Gasteiger partial charge in [-0.25, -0.2) is 4.79 Å². The third-order valence-electron chi connectivity index (χ3n) is 3.85. The molecule has 3 aromatic rings. The summed E-state index contributed by atoms with van der Waals surface area (Å²) in [6.45, 7) is -0.143. The van der Waals surface area contributed by atoms with E-state index in [2.05, 4.69) is 20.0 Å². The van der Waals surface area contributed by atoms with Crippen LogP contribution < -0.4 is 21.3 Å². The van der Waals surface area contributed by atoms with Gasteiger partial charge in [-0.3, -0.25) is 13.9 Å². The van der Waals surface area contributed by atoms with Gasteiger partial charge >= 0.3 is 12.1 Å². The molecule has 0 spiro atoms. The summed E-state index contributed by atoms with van der Waals surface area (Å²) in [5.41, 5.74) is -0.845. The number of ether oxygens (including phenoxy) is 1. The molecule has 0 unspecified atom stereocenters. The molecule has 2 aromatic heterocycles. The van der Waals surface area contributed by atoms with Crippen LogP contribution in [0.1, 0.15) is 6.42 Å². The van der Waals surface area contributed by atoms with Gasteiger partial charge in [-0.05, 0) is 18.6 Å². The molecule has 1 aromatic carbocycles. The van der Waals surface area contributed by atoms with Gasteiger partial charge in [-0.15, -0.1) is 13.2 Å². The zero-order valence-corrected chi connectivity index (χ0v) is 14.6. The summed E-state index contributed by atoms with van der Waals surface area (Å²) in [5.74, 6) is -0.362. The summed E-state index contributed by atoms with van der Waals surface area (Å²) in [7, 11) is 1.43. The van der Waals surface area contributed by atoms with Crippen LogP contribution in [0, 0.1) is 0 Å². The molecule has 0 saturated carbocycles. The van der Waals surface area contributed by atoms with Crippen LogP contribution >= 0.6 is 0 Å². The number of anilines is 2. The topological polar surface area (TPSA) is 114 Å². The van der Waals surface area contributed by atoms with Crippen molar-refractivity contribution in [3.63, 3.8) is 0 Å². The molecule has 3 rings (SSSR count). The summed E-state index contributed by atoms with van der Waals surface area (Å²) >= 11 is 0. The highest BCUT2D eigenvalue weighted by Crippen LogP contribution is 2.26. The quantitative estimate of drug-likeness (QED) is 0.578. The number of aromatic nitrogens is 4. The highest BCUT2D eigenvalue weighted by molar-refractivity contribution is 5.74. The van der Waals surface area contributed by atoms with E-state index in [1.165, 1.54) is 23.7 Å². The Kier molecular flexibility index (Phi) is 5.14. The molecule has 150 valence electrons. The number of aliphatic hydroxyl groups is 1. The molecular formula is C16H16F3N5O4. The predicted molar refractivity (Wildman–Crippen MR) is 93.7 cm³/mol. The van der Waals surface area contributed by atoms with Crippen molar-refractivity contribution in [1.29, 1.82) is 0 Å². The molecule has 3 N–H and O–H groups in total. The molecule has 12 heteroatoms. The smallest absolute Gasteiger partial charge is 0.406 e. The van der Waals surface area contributed by atoms with Gasteiger partial charge in [0.1, 0.15) is 5.75 Å². The number of hydrogen-bond donors (Lipinski definition) is 3. The number of H-pyrrole nitrogens is 1. The van der Waals surface area contributed by atoms with Crippen molar-refractivity contribution in [3.8, 4) is 5.75 Å². The lowest BCUT2D eigenvalue weighted by Crippen LogP contribution is -2.39. The molecular weight excluding hydrogens is 383 g/mol. The Hall–Kier alpha value is -3.28. The van der Waals surface area contributed by atoms with Crippen molar-refractivity contribution in [2.75, 3.05) is 11.9 Å². The number of halogens is 3. The van der Waals surface area contributed by atoms with Gasteiger partial charge in [-0.2, -0.15) is 4.98 Å². The first-order valence-electron chi connectivity index (χ1n) is 8.13. The Morgan fingerprint density at radius 1 is 1.32 bits per heavy atom. The standard InChI is InChI=1S/C16H16F3N5O4/c1-23-12-11(13(26)24(15(23)27)6-3-7-25)21-14(22-12)20-9-4-2-5-10(8-9)28-16(17,18)19/h2,4-5,8,25H,3,6-7H2,1H3,(H2,20,21,22). The van der Waals surface area contributed by atoms with E-state index in [4.69, 9.17) is 5.11 Å². The van der Waals surface area contributed by atoms with Gasteiger partial charge in [0.2, 0.25) is 5.95 Å². The minimum Gasteiger partial charge on any atom is -0.406 e. The number of fused-ring (bicyclic) bond motifs is 1. The lowest BCUT2D eigenvalue weighted by Gasteiger charge is -2.10. The second-order valence-corrected chi connectivity index (χ2v) is 5.86. The number of hydrogen-bond acceptors (Lipinski definition) is 6. The molecule has 0 aliphatic carbocycles. The van der Waals surface area contributed by atoms with Crippen molar-refractivity contribution in [2.24, 2.45) is 7.05 Å². The van der Waals surface area contributed by atoms with E-state index in [1.807, 2.05) is 0 Å². The first-order chi connectivity index (χ1) is 13.2. The van der Waals surface area contributed by atoms with Gasteiger partial charge in [0.15, 0.2) is 11.2 Å². The number of benzene rings is 1. The maximum absolute atomic E-state index is 12.5. The lowest BCUT2D eigenvalue weighted by molar-refractivity contribution is -0.274. The SMILES string of the molecule is Cn1c(=O)n(CCCO)c(=O)c2[nH]c(Nc3cccc(OC(F)(F)F)c3)nc21. The number of aromatic amines is 1. The number of aliphatic hydroxyl groups excluding tert-OH is 1. The number of alkyl halides is 3. The average Bonchev–Trinajstić information content (AvgIpc) is 3.03. The minimum absolute atomic E-state index is 0.0382. The summed E-state index contributed by atoms with van der Waals surface area (Å²) in [5, 5.41) is 11.7. The Balaban J connectivity index is 1.96. The third-order valence-corrected chi connectivity index (χ3v) is 3.85. The van der Waals surface area contributed by atoms with Crippen LogP contribution in [0.25, 0.3) is 11.2 Å². The van der Waals surface area contributed by atoms with Gasteiger partial charge in [-0.1, -0.05) is 6.07 Å². The van der Waals surface area contributed by atoms with E-state index < -0.39 is 23.4 Å². The van der Waals surface area contributed by atoms with Crippen LogP contribution in [0.15, 0.2) is 33.9 Å². The van der Waals surface area contributed by atoms with Crippen LogP contribution in [0.5, 0.6) is 5.75 Å². The van der Waals surface area contributed by atoms with Crippen molar-refractivity contribution in [3.05, 3.63) is 45.1 Å². The fourth-order valence-electron chi connectivity index (χ4n) is 2.64. The van der Waals surface area contributed by atoms with Crippen LogP contribution in [0.3, 0.4) is 0 Å². The number of nitrogens with zero attached hydrogens (tertiary/aromatic N) is 3. The predicted octanol–water partition coefficient (Wildman–Crippen LogP) is 1.45. The van der Waals surface area contributed by atoms with Crippen molar-refractivity contribution in [1.82, 2.24) is 19.1 Å². The van der Waals surface area contributed by atoms with Gasteiger partial charge in [0.05, 0.1) is 0 Å². The summed E-state index contributed by atoms with van der Waals surface area (Å²) in [4.78, 5) is 31.7. The van der Waals surface area contributed by atoms with Crippen LogP contribution in [-0.2, 0) is 13.6 Å². The molecule has 2 heterocycles. The van der Waals surface area contributed by atoms with Gasteiger partial charge in [0.25, 0.3) is 5.56 Å². The fraction of sp³-hybridized carbons (Fsp3) is 0.312. The van der Waals surface area contributed by atoms with Crippen LogP contribution in [0.2, 0.25) is 0 Å². The number of nitrogens with one attached hydrogen (secondary N) is 2. The first-order valence-corrected chi connectivity index (χ1v) is 8.13. The van der Waals surface area contributed by atoms with Crippen molar-refractivity contribution in [2.45, 2.75) is 19.3 Å².